The van der Waals surface area contributed by atoms with Crippen molar-refractivity contribution in [3.63, 3.8) is 0 Å². The molecule has 2 rings (SSSR count). The van der Waals surface area contributed by atoms with Gasteiger partial charge < -0.3 is 9.47 Å². The highest BCUT2D eigenvalue weighted by atomic mass is 31.1. The number of rotatable bonds is 3. The van der Waals surface area contributed by atoms with Gasteiger partial charge in [-0.3, -0.25) is 10.4 Å². The van der Waals surface area contributed by atoms with Gasteiger partial charge in [0.2, 0.25) is 0 Å². The molecule has 1 aliphatic heterocycles. The molecule has 5 nitrogen and oxygen atoms in total. The largest absolute Gasteiger partial charge is 0.492 e. The molecule has 0 aromatic heterocycles. The van der Waals surface area contributed by atoms with Gasteiger partial charge in [-0.1, -0.05) is 14.8 Å². The molecule has 2 unspecified atom stereocenters. The average molecular weight is 310 g/mol. The Kier molecular flexibility index (Phi) is 5.07. The van der Waals surface area contributed by atoms with Gasteiger partial charge in [0.05, 0.1) is 0 Å². The van der Waals surface area contributed by atoms with Gasteiger partial charge in [-0.25, -0.2) is 4.79 Å². The molecule has 1 aromatic rings. The normalized spacial score (nSPS) is 18.2. The lowest BCUT2D eigenvalue weighted by Crippen LogP contribution is -2.34. The van der Waals surface area contributed by atoms with Crippen molar-refractivity contribution in [2.75, 3.05) is 18.6 Å². The lowest BCUT2D eigenvalue weighted by molar-refractivity contribution is 0.0636. The number of hydrogen-bond acceptors (Lipinski definition) is 4. The smallest absolute Gasteiger partial charge is 0.412 e. The van der Waals surface area contributed by atoms with E-state index in [9.17, 15) is 4.79 Å². The van der Waals surface area contributed by atoms with E-state index in [1.807, 2.05) is 39.0 Å². The van der Waals surface area contributed by atoms with E-state index in [2.05, 4.69) is 17.1 Å². The third-order valence-electron chi connectivity index (χ3n) is 2.97. The first-order chi connectivity index (χ1) is 9.87. The molecule has 6 heteroatoms. The van der Waals surface area contributed by atoms with Gasteiger partial charge in [0, 0.05) is 17.8 Å². The topological polar surface area (TPSA) is 59.6 Å². The van der Waals surface area contributed by atoms with Crippen molar-refractivity contribution in [2.24, 2.45) is 0 Å². The van der Waals surface area contributed by atoms with E-state index in [4.69, 9.17) is 9.47 Å². The number of fused-ring (bicyclic) bond motifs is 1. The Morgan fingerprint density at radius 3 is 2.86 bits per heavy atom. The molecule has 0 saturated heterocycles. The van der Waals surface area contributed by atoms with Crippen LogP contribution in [0.1, 0.15) is 26.3 Å². The Balaban J connectivity index is 2.00. The Morgan fingerprint density at radius 1 is 1.43 bits per heavy atom. The second-order valence-electron chi connectivity index (χ2n) is 6.06. The Labute approximate surface area is 127 Å². The lowest BCUT2D eigenvalue weighted by Gasteiger charge is -2.26. The van der Waals surface area contributed by atoms with Crippen LogP contribution in [0.2, 0.25) is 0 Å². The van der Waals surface area contributed by atoms with Crippen LogP contribution in [0.5, 0.6) is 5.75 Å². The number of ether oxygens (including phenoxy) is 2. The van der Waals surface area contributed by atoms with Gasteiger partial charge >= 0.3 is 6.09 Å². The van der Waals surface area contributed by atoms with Crippen molar-refractivity contribution < 1.29 is 14.3 Å². The maximum Gasteiger partial charge on any atom is 0.412 e. The van der Waals surface area contributed by atoms with Crippen LogP contribution < -0.4 is 15.1 Å². The first-order valence-electron chi connectivity index (χ1n) is 7.05. The molecule has 0 saturated carbocycles. The van der Waals surface area contributed by atoms with E-state index < -0.39 is 11.7 Å². The summed E-state index contributed by atoms with van der Waals surface area (Å²) in [6.07, 6.45) is 0.494. The molecule has 0 spiro atoms. The van der Waals surface area contributed by atoms with Gasteiger partial charge in [0.25, 0.3) is 0 Å². The zero-order valence-electron chi connectivity index (χ0n) is 12.9. The Morgan fingerprint density at radius 2 is 2.19 bits per heavy atom. The summed E-state index contributed by atoms with van der Waals surface area (Å²) in [5, 5.41) is 6.14. The SMILES string of the molecule is CPNC1COc2cc(NC(=O)OC(C)(C)C)ccc2C1. The highest BCUT2D eigenvalue weighted by Crippen LogP contribution is 2.29. The van der Waals surface area contributed by atoms with E-state index in [0.29, 0.717) is 27.1 Å². The first kappa shape index (κ1) is 16.1. The van der Waals surface area contributed by atoms with Crippen LogP contribution in [0.4, 0.5) is 10.5 Å². The molecule has 1 heterocycles. The fraction of sp³-hybridized carbons (Fsp3) is 0.533. The number of anilines is 1. The number of carbonyl (C=O) groups is 1. The van der Waals surface area contributed by atoms with Crippen molar-refractivity contribution >= 4 is 20.5 Å². The van der Waals surface area contributed by atoms with Gasteiger partial charge in [-0.15, -0.1) is 0 Å². The van der Waals surface area contributed by atoms with Crippen LogP contribution in [0.3, 0.4) is 0 Å². The fourth-order valence-corrected chi connectivity index (χ4v) is 2.76. The van der Waals surface area contributed by atoms with E-state index in [0.717, 1.165) is 17.7 Å². The predicted octanol–water partition coefficient (Wildman–Crippen LogP) is 3.15. The van der Waals surface area contributed by atoms with Crippen LogP contribution in [-0.4, -0.2) is 31.0 Å². The van der Waals surface area contributed by atoms with E-state index in [1.54, 1.807) is 0 Å². The number of benzene rings is 1. The molecule has 21 heavy (non-hydrogen) atoms. The number of carbonyl (C=O) groups excluding carboxylic acids is 1. The van der Waals surface area contributed by atoms with Gasteiger partial charge in [0.1, 0.15) is 18.0 Å². The highest BCUT2D eigenvalue weighted by molar-refractivity contribution is 7.34. The highest BCUT2D eigenvalue weighted by Gasteiger charge is 2.20. The fourth-order valence-electron chi connectivity index (χ4n) is 2.17. The number of hydrogen-bond donors (Lipinski definition) is 2. The van der Waals surface area contributed by atoms with Crippen LogP contribution in [0.15, 0.2) is 18.2 Å². The predicted molar refractivity (Wildman–Crippen MR) is 86.7 cm³/mol. The molecule has 1 aliphatic rings. The molecule has 0 bridgehead atoms. The molecule has 1 amide bonds. The number of amides is 1. The molecule has 0 aliphatic carbocycles. The molecule has 0 radical (unpaired) electrons. The third kappa shape index (κ3) is 4.87. The van der Waals surface area contributed by atoms with Crippen LogP contribution in [-0.2, 0) is 11.2 Å². The molecule has 2 N–H and O–H groups in total. The summed E-state index contributed by atoms with van der Waals surface area (Å²) in [6, 6.07) is 6.09. The number of nitrogens with one attached hydrogen (secondary N) is 2. The quantitative estimate of drug-likeness (QED) is 0.842. The minimum atomic E-state index is -0.505. The summed E-state index contributed by atoms with van der Waals surface area (Å²) in [4.78, 5) is 11.8. The van der Waals surface area contributed by atoms with Crippen LogP contribution in [0.25, 0.3) is 0 Å². The summed E-state index contributed by atoms with van der Waals surface area (Å²) in [6.45, 7) is 8.28. The van der Waals surface area contributed by atoms with E-state index in [-0.39, 0.29) is 0 Å². The lowest BCUT2D eigenvalue weighted by atomic mass is 10.0. The van der Waals surface area contributed by atoms with Crippen molar-refractivity contribution in [1.29, 1.82) is 0 Å². The van der Waals surface area contributed by atoms with Crippen molar-refractivity contribution in [3.05, 3.63) is 23.8 Å². The summed E-state index contributed by atoms with van der Waals surface area (Å²) in [5.74, 6) is 0.834. The van der Waals surface area contributed by atoms with Gasteiger partial charge in [0.15, 0.2) is 0 Å². The summed E-state index contributed by atoms with van der Waals surface area (Å²) < 4.78 is 11.0. The standard InChI is InChI=1S/C15H23N2O3P/c1-15(2,3)20-14(18)16-11-6-5-10-7-12(17-21-4)9-19-13(10)8-11/h5-6,8,12,17,21H,7,9H2,1-4H3,(H,16,18). The third-order valence-corrected chi connectivity index (χ3v) is 3.66. The average Bonchev–Trinajstić information content (AvgIpc) is 2.37. The van der Waals surface area contributed by atoms with Crippen LogP contribution in [0, 0.1) is 0 Å². The summed E-state index contributed by atoms with van der Waals surface area (Å²) in [7, 11) is 0.711. The van der Waals surface area contributed by atoms with Crippen molar-refractivity contribution in [1.82, 2.24) is 5.09 Å². The summed E-state index contributed by atoms with van der Waals surface area (Å²) >= 11 is 0. The maximum atomic E-state index is 11.8. The zero-order valence-corrected chi connectivity index (χ0v) is 13.9. The zero-order chi connectivity index (χ0) is 15.5. The van der Waals surface area contributed by atoms with Crippen molar-refractivity contribution in [2.45, 2.75) is 38.8 Å². The van der Waals surface area contributed by atoms with E-state index >= 15 is 0 Å². The second-order valence-corrected chi connectivity index (χ2v) is 6.84. The van der Waals surface area contributed by atoms with E-state index in [1.165, 1.54) is 0 Å². The molecule has 0 fully saturated rings. The molecular formula is C15H23N2O3P. The molecule has 1 aromatic carbocycles. The monoisotopic (exact) mass is 310 g/mol. The molecule has 2 atom stereocenters. The molecule has 116 valence electrons. The summed E-state index contributed by atoms with van der Waals surface area (Å²) in [5.41, 5.74) is 1.34. The van der Waals surface area contributed by atoms with Gasteiger partial charge in [-0.2, -0.15) is 0 Å². The van der Waals surface area contributed by atoms with Gasteiger partial charge in [-0.05, 0) is 45.5 Å². The Hall–Kier alpha value is -1.32. The van der Waals surface area contributed by atoms with Crippen molar-refractivity contribution in [3.8, 4) is 5.75 Å². The minimum Gasteiger partial charge on any atom is -0.492 e. The first-order valence-corrected chi connectivity index (χ1v) is 8.55. The Bertz CT molecular complexity index is 514. The second kappa shape index (κ2) is 6.63. The molecular weight excluding hydrogens is 287 g/mol. The van der Waals surface area contributed by atoms with Crippen LogP contribution >= 0.6 is 8.73 Å². The maximum absolute atomic E-state index is 11.8. The minimum absolute atomic E-state index is 0.366.